The molecule has 1 heterocycles. The van der Waals surface area contributed by atoms with E-state index in [-0.39, 0.29) is 16.9 Å². The molecular weight excluding hydrogens is 536 g/mol. The lowest BCUT2D eigenvalue weighted by Gasteiger charge is -2.43. The Morgan fingerprint density at radius 2 is 1.57 bits per heavy atom. The Morgan fingerprint density at radius 3 is 2.08 bits per heavy atom. The van der Waals surface area contributed by atoms with Crippen LogP contribution in [0, 0.1) is 5.92 Å². The highest BCUT2D eigenvalue weighted by Gasteiger charge is 2.30. The summed E-state index contributed by atoms with van der Waals surface area (Å²) in [5.41, 5.74) is 1.41. The van der Waals surface area contributed by atoms with Crippen molar-refractivity contribution in [3.8, 4) is 5.75 Å². The summed E-state index contributed by atoms with van der Waals surface area (Å²) in [7, 11) is 2.39. The zero-order valence-corrected chi connectivity index (χ0v) is 23.9. The minimum atomic E-state index is -0.702. The lowest BCUT2D eigenvalue weighted by atomic mass is 9.88. The molecule has 0 atom stereocenters. The van der Waals surface area contributed by atoms with Gasteiger partial charge in [-0.05, 0) is 87.9 Å². The maximum absolute atomic E-state index is 11.3. The Morgan fingerprint density at radius 1 is 0.973 bits per heavy atom. The first kappa shape index (κ1) is 29.0. The summed E-state index contributed by atoms with van der Waals surface area (Å²) in [5.74, 6) is -0.598. The molecule has 4 rings (SSSR count). The van der Waals surface area contributed by atoms with Gasteiger partial charge in [-0.3, -0.25) is 4.90 Å². The van der Waals surface area contributed by atoms with Crippen LogP contribution < -0.4 is 4.90 Å². The highest BCUT2D eigenvalue weighted by molar-refractivity contribution is 9.10. The van der Waals surface area contributed by atoms with Crippen LogP contribution >= 0.6 is 15.9 Å². The largest absolute Gasteiger partial charge is 0.508 e. The van der Waals surface area contributed by atoms with E-state index in [1.54, 1.807) is 0 Å². The molecule has 1 aliphatic carbocycles. The van der Waals surface area contributed by atoms with E-state index in [1.807, 2.05) is 0 Å². The van der Waals surface area contributed by atoms with Crippen molar-refractivity contribution in [2.75, 3.05) is 38.8 Å². The van der Waals surface area contributed by atoms with E-state index in [9.17, 15) is 14.7 Å². The zero-order chi connectivity index (χ0) is 26.9. The molecule has 1 aliphatic heterocycles. The molecule has 2 aromatic rings. The quantitative estimate of drug-likeness (QED) is 0.413. The molecule has 0 radical (unpaired) electrons. The van der Waals surface area contributed by atoms with Crippen LogP contribution in [0.25, 0.3) is 0 Å². The molecule has 202 valence electrons. The first-order valence-electron chi connectivity index (χ1n) is 13.0. The van der Waals surface area contributed by atoms with E-state index in [0.29, 0.717) is 6.04 Å². The van der Waals surface area contributed by atoms with E-state index in [0.717, 1.165) is 18.0 Å². The van der Waals surface area contributed by atoms with Gasteiger partial charge in [0, 0.05) is 41.9 Å². The third kappa shape index (κ3) is 7.95. The number of piperidine rings is 1. The molecule has 1 saturated heterocycles. The number of carbonyl (C=O) groups excluding carboxylic acids is 2. The number of nitrogens with zero attached hydrogens (tertiary/aromatic N) is 2. The van der Waals surface area contributed by atoms with Gasteiger partial charge in [0.25, 0.3) is 0 Å². The van der Waals surface area contributed by atoms with Crippen molar-refractivity contribution in [2.24, 2.45) is 5.92 Å². The number of aromatic hydroxyl groups is 1. The van der Waals surface area contributed by atoms with Crippen LogP contribution in [-0.4, -0.2) is 67.9 Å². The molecule has 2 fully saturated rings. The van der Waals surface area contributed by atoms with Gasteiger partial charge in [0.05, 0.1) is 25.3 Å². The first-order valence-corrected chi connectivity index (χ1v) is 13.8. The van der Waals surface area contributed by atoms with Gasteiger partial charge in [-0.1, -0.05) is 22.4 Å². The SMILES string of the molecule is CC(C)N(CC1CCN(c2ccc(Br)cc2)CC1)C1CCC1.COC(=O)c1ccc(O)cc1C(=O)OC. The van der Waals surface area contributed by atoms with E-state index in [2.05, 4.69) is 73.3 Å². The second kappa shape index (κ2) is 13.8. The minimum Gasteiger partial charge on any atom is -0.508 e. The smallest absolute Gasteiger partial charge is 0.338 e. The number of anilines is 1. The Kier molecular flexibility index (Phi) is 10.8. The van der Waals surface area contributed by atoms with Gasteiger partial charge >= 0.3 is 11.9 Å². The van der Waals surface area contributed by atoms with Crippen molar-refractivity contribution in [3.63, 3.8) is 0 Å². The van der Waals surface area contributed by atoms with Crippen molar-refractivity contribution in [3.05, 3.63) is 58.1 Å². The molecule has 8 heteroatoms. The number of benzene rings is 2. The maximum atomic E-state index is 11.3. The summed E-state index contributed by atoms with van der Waals surface area (Å²) >= 11 is 3.52. The topological polar surface area (TPSA) is 79.3 Å². The summed E-state index contributed by atoms with van der Waals surface area (Å²) in [6.45, 7) is 8.48. The van der Waals surface area contributed by atoms with Crippen LogP contribution in [0.1, 0.15) is 66.7 Å². The van der Waals surface area contributed by atoms with E-state index < -0.39 is 11.9 Å². The number of ether oxygens (including phenoxy) is 2. The van der Waals surface area contributed by atoms with Gasteiger partial charge in [0.1, 0.15) is 5.75 Å². The van der Waals surface area contributed by atoms with Crippen LogP contribution in [0.5, 0.6) is 5.75 Å². The second-order valence-electron chi connectivity index (χ2n) is 10.00. The average molecular weight is 576 g/mol. The summed E-state index contributed by atoms with van der Waals surface area (Å²) in [4.78, 5) is 27.8. The Hall–Kier alpha value is -2.58. The van der Waals surface area contributed by atoms with Gasteiger partial charge in [-0.25, -0.2) is 9.59 Å². The molecule has 1 N–H and O–H groups in total. The van der Waals surface area contributed by atoms with E-state index >= 15 is 0 Å². The molecular formula is C29H39BrN2O5. The number of methoxy groups -OCH3 is 2. The number of carbonyl (C=O) groups is 2. The van der Waals surface area contributed by atoms with Gasteiger partial charge in [0.15, 0.2) is 0 Å². The van der Waals surface area contributed by atoms with Gasteiger partial charge in [-0.2, -0.15) is 0 Å². The van der Waals surface area contributed by atoms with Gasteiger partial charge in [0.2, 0.25) is 0 Å². The zero-order valence-electron chi connectivity index (χ0n) is 22.3. The summed E-state index contributed by atoms with van der Waals surface area (Å²) in [6.07, 6.45) is 6.97. The molecule has 0 spiro atoms. The third-order valence-electron chi connectivity index (χ3n) is 7.30. The fourth-order valence-corrected chi connectivity index (χ4v) is 5.19. The highest BCUT2D eigenvalue weighted by atomic mass is 79.9. The van der Waals surface area contributed by atoms with Crippen molar-refractivity contribution < 1.29 is 24.2 Å². The predicted octanol–water partition coefficient (Wildman–Crippen LogP) is 5.89. The lowest BCUT2D eigenvalue weighted by Crippen LogP contribution is -2.48. The molecule has 0 amide bonds. The van der Waals surface area contributed by atoms with Crippen LogP contribution in [0.15, 0.2) is 46.9 Å². The number of phenolic OH excluding ortho intramolecular Hbond substituents is 1. The Balaban J connectivity index is 0.000000222. The van der Waals surface area contributed by atoms with Crippen LogP contribution in [0.4, 0.5) is 5.69 Å². The fourth-order valence-electron chi connectivity index (χ4n) is 4.92. The second-order valence-corrected chi connectivity index (χ2v) is 10.9. The molecule has 0 aromatic heterocycles. The van der Waals surface area contributed by atoms with Crippen LogP contribution in [0.3, 0.4) is 0 Å². The Bertz CT molecular complexity index is 1030. The van der Waals surface area contributed by atoms with E-state index in [4.69, 9.17) is 0 Å². The average Bonchev–Trinajstić information content (AvgIpc) is 2.87. The minimum absolute atomic E-state index is 0.0237. The van der Waals surface area contributed by atoms with Crippen molar-refractivity contribution >= 4 is 33.6 Å². The summed E-state index contributed by atoms with van der Waals surface area (Å²) in [5, 5.41) is 9.18. The highest BCUT2D eigenvalue weighted by Crippen LogP contribution is 2.30. The number of phenols is 1. The molecule has 37 heavy (non-hydrogen) atoms. The van der Waals surface area contributed by atoms with Crippen LogP contribution in [-0.2, 0) is 9.47 Å². The standard InChI is InChI=1S/C19H29BrN2.C10H10O5/c1-15(2)22(19-4-3-5-19)14-16-10-12-21(13-11-16)18-8-6-17(20)7-9-18;1-14-9(12)7-4-3-6(11)5-8(7)10(13)15-2/h6-9,15-16,19H,3-5,10-14H2,1-2H3;3-5,11H,1-2H3. The van der Waals surface area contributed by atoms with Crippen molar-refractivity contribution in [1.82, 2.24) is 4.90 Å². The summed E-state index contributed by atoms with van der Waals surface area (Å²) < 4.78 is 10.1. The number of hydrogen-bond acceptors (Lipinski definition) is 7. The molecule has 7 nitrogen and oxygen atoms in total. The van der Waals surface area contributed by atoms with Crippen molar-refractivity contribution in [1.29, 1.82) is 0 Å². The van der Waals surface area contributed by atoms with Gasteiger partial charge < -0.3 is 19.5 Å². The monoisotopic (exact) mass is 574 g/mol. The molecule has 0 bridgehead atoms. The summed E-state index contributed by atoms with van der Waals surface area (Å²) in [6, 6.07) is 14.1. The van der Waals surface area contributed by atoms with E-state index in [1.165, 1.54) is 88.3 Å². The van der Waals surface area contributed by atoms with Crippen molar-refractivity contribution in [2.45, 2.75) is 58.0 Å². The Labute approximate surface area is 228 Å². The lowest BCUT2D eigenvalue weighted by molar-refractivity contribution is 0.0555. The van der Waals surface area contributed by atoms with Crippen LogP contribution in [0.2, 0.25) is 0 Å². The molecule has 0 unspecified atom stereocenters. The first-order chi connectivity index (χ1) is 17.7. The number of rotatable bonds is 7. The molecule has 2 aromatic carbocycles. The maximum Gasteiger partial charge on any atom is 0.338 e. The molecule has 2 aliphatic rings. The van der Waals surface area contributed by atoms with Gasteiger partial charge in [-0.15, -0.1) is 0 Å². The number of hydrogen-bond donors (Lipinski definition) is 1. The molecule has 1 saturated carbocycles. The predicted molar refractivity (Wildman–Crippen MR) is 149 cm³/mol. The third-order valence-corrected chi connectivity index (χ3v) is 7.82. The number of esters is 2. The number of halogens is 1. The fraction of sp³-hybridized carbons (Fsp3) is 0.517. The normalized spacial score (nSPS) is 16.1.